The van der Waals surface area contributed by atoms with Crippen molar-refractivity contribution in [3.05, 3.63) is 29.8 Å². The largest absolute Gasteiger partial charge is 0.492 e. The van der Waals surface area contributed by atoms with Crippen molar-refractivity contribution in [2.45, 2.75) is 0 Å². The zero-order valence-electron chi connectivity index (χ0n) is 15.2. The van der Waals surface area contributed by atoms with Crippen molar-refractivity contribution in [3.8, 4) is 5.75 Å². The summed E-state index contributed by atoms with van der Waals surface area (Å²) in [6, 6.07) is 7.14. The van der Waals surface area contributed by atoms with Crippen LogP contribution < -0.4 is 4.74 Å². The van der Waals surface area contributed by atoms with Gasteiger partial charge in [-0.3, -0.25) is 9.80 Å². The Bertz CT molecular complexity index is 539. The molecule has 0 bridgehead atoms. The molecule has 2 saturated heterocycles. The van der Waals surface area contributed by atoms with Crippen LogP contribution in [-0.4, -0.2) is 94.7 Å². The SMILES string of the molecule is O=C(OCCN1CCOCC1)c1ccc(OCCN2CCOCC2)cc1. The van der Waals surface area contributed by atoms with Gasteiger partial charge in [0.05, 0.1) is 32.0 Å². The van der Waals surface area contributed by atoms with Gasteiger partial charge >= 0.3 is 5.97 Å². The van der Waals surface area contributed by atoms with E-state index in [1.165, 1.54) is 0 Å². The van der Waals surface area contributed by atoms with Gasteiger partial charge in [0.25, 0.3) is 0 Å². The normalized spacial score (nSPS) is 19.2. The van der Waals surface area contributed by atoms with E-state index in [0.717, 1.165) is 71.4 Å². The highest BCUT2D eigenvalue weighted by Gasteiger charge is 2.13. The van der Waals surface area contributed by atoms with E-state index in [0.29, 0.717) is 18.8 Å². The summed E-state index contributed by atoms with van der Waals surface area (Å²) in [4.78, 5) is 16.7. The Balaban J connectivity index is 1.34. The Morgan fingerprint density at radius 2 is 1.38 bits per heavy atom. The van der Waals surface area contributed by atoms with Crippen LogP contribution >= 0.6 is 0 Å². The van der Waals surface area contributed by atoms with E-state index in [4.69, 9.17) is 18.9 Å². The number of esters is 1. The first-order valence-corrected chi connectivity index (χ1v) is 9.31. The maximum atomic E-state index is 12.1. The fourth-order valence-electron chi connectivity index (χ4n) is 2.98. The highest BCUT2D eigenvalue weighted by molar-refractivity contribution is 5.89. The van der Waals surface area contributed by atoms with Gasteiger partial charge in [-0.15, -0.1) is 0 Å². The van der Waals surface area contributed by atoms with Gasteiger partial charge < -0.3 is 18.9 Å². The van der Waals surface area contributed by atoms with Crippen LogP contribution in [0.2, 0.25) is 0 Å². The van der Waals surface area contributed by atoms with Gasteiger partial charge in [0, 0.05) is 39.3 Å². The van der Waals surface area contributed by atoms with E-state index in [-0.39, 0.29) is 5.97 Å². The van der Waals surface area contributed by atoms with Crippen LogP contribution in [0.3, 0.4) is 0 Å². The van der Waals surface area contributed by atoms with E-state index >= 15 is 0 Å². The molecular formula is C19H28N2O5. The van der Waals surface area contributed by atoms with E-state index in [1.54, 1.807) is 12.1 Å². The summed E-state index contributed by atoms with van der Waals surface area (Å²) in [5, 5.41) is 0. The number of hydrogen-bond acceptors (Lipinski definition) is 7. The Kier molecular flexibility index (Phi) is 7.69. The first-order chi connectivity index (χ1) is 12.8. The minimum Gasteiger partial charge on any atom is -0.492 e. The number of ether oxygens (including phenoxy) is 4. The predicted octanol–water partition coefficient (Wildman–Crippen LogP) is 0.887. The average Bonchev–Trinajstić information content (AvgIpc) is 2.70. The van der Waals surface area contributed by atoms with Crippen molar-refractivity contribution in [2.24, 2.45) is 0 Å². The molecule has 0 aromatic heterocycles. The first-order valence-electron chi connectivity index (χ1n) is 9.31. The summed E-state index contributed by atoms with van der Waals surface area (Å²) < 4.78 is 21.7. The van der Waals surface area contributed by atoms with E-state index in [2.05, 4.69) is 9.80 Å². The molecule has 0 N–H and O–H groups in total. The van der Waals surface area contributed by atoms with Crippen LogP contribution in [0.1, 0.15) is 10.4 Å². The molecule has 0 saturated carbocycles. The second-order valence-corrected chi connectivity index (χ2v) is 6.42. The summed E-state index contributed by atoms with van der Waals surface area (Å²) in [5.41, 5.74) is 0.549. The van der Waals surface area contributed by atoms with Crippen molar-refractivity contribution < 1.29 is 23.7 Å². The molecule has 26 heavy (non-hydrogen) atoms. The summed E-state index contributed by atoms with van der Waals surface area (Å²) in [5.74, 6) is 0.473. The van der Waals surface area contributed by atoms with Crippen molar-refractivity contribution >= 4 is 5.97 Å². The smallest absolute Gasteiger partial charge is 0.338 e. The minimum absolute atomic E-state index is 0.293. The number of rotatable bonds is 8. The molecule has 2 aliphatic rings. The van der Waals surface area contributed by atoms with E-state index in [1.807, 2.05) is 12.1 Å². The maximum Gasteiger partial charge on any atom is 0.338 e. The molecule has 2 aliphatic heterocycles. The molecule has 0 radical (unpaired) electrons. The number of carbonyl (C=O) groups is 1. The minimum atomic E-state index is -0.293. The van der Waals surface area contributed by atoms with Gasteiger partial charge in [-0.05, 0) is 24.3 Å². The molecule has 0 unspecified atom stereocenters. The van der Waals surface area contributed by atoms with Gasteiger partial charge in [-0.2, -0.15) is 0 Å². The van der Waals surface area contributed by atoms with Crippen molar-refractivity contribution in [1.29, 1.82) is 0 Å². The predicted molar refractivity (Wildman–Crippen MR) is 96.7 cm³/mol. The summed E-state index contributed by atoms with van der Waals surface area (Å²) in [6.45, 7) is 9.46. The molecule has 0 aliphatic carbocycles. The maximum absolute atomic E-state index is 12.1. The van der Waals surface area contributed by atoms with Crippen LogP contribution in [0.5, 0.6) is 5.75 Å². The lowest BCUT2D eigenvalue weighted by Gasteiger charge is -2.26. The molecule has 7 heteroatoms. The van der Waals surface area contributed by atoms with Crippen LogP contribution in [0.15, 0.2) is 24.3 Å². The zero-order chi connectivity index (χ0) is 18.0. The van der Waals surface area contributed by atoms with Crippen LogP contribution in [0.25, 0.3) is 0 Å². The highest BCUT2D eigenvalue weighted by atomic mass is 16.5. The lowest BCUT2D eigenvalue weighted by molar-refractivity contribution is 0.0195. The van der Waals surface area contributed by atoms with Crippen molar-refractivity contribution in [3.63, 3.8) is 0 Å². The molecule has 1 aromatic rings. The van der Waals surface area contributed by atoms with Gasteiger partial charge in [0.15, 0.2) is 0 Å². The third kappa shape index (κ3) is 6.25. The standard InChI is InChI=1S/C19H28N2O5/c22-19(26-16-10-21-7-13-24-14-8-21)17-1-3-18(4-2-17)25-15-9-20-5-11-23-12-6-20/h1-4H,5-16H2. The lowest BCUT2D eigenvalue weighted by Crippen LogP contribution is -2.38. The van der Waals surface area contributed by atoms with Crippen LogP contribution in [0, 0.1) is 0 Å². The van der Waals surface area contributed by atoms with Gasteiger partial charge in [-0.1, -0.05) is 0 Å². The summed E-state index contributed by atoms with van der Waals surface area (Å²) in [7, 11) is 0. The molecule has 144 valence electrons. The van der Waals surface area contributed by atoms with Crippen molar-refractivity contribution in [1.82, 2.24) is 9.80 Å². The first kappa shape index (κ1) is 19.1. The van der Waals surface area contributed by atoms with Gasteiger partial charge in [0.1, 0.15) is 19.0 Å². The lowest BCUT2D eigenvalue weighted by atomic mass is 10.2. The van der Waals surface area contributed by atoms with E-state index < -0.39 is 0 Å². The Morgan fingerprint density at radius 1 is 0.846 bits per heavy atom. The second-order valence-electron chi connectivity index (χ2n) is 6.42. The topological polar surface area (TPSA) is 60.5 Å². The van der Waals surface area contributed by atoms with Gasteiger partial charge in [0.2, 0.25) is 0 Å². The second kappa shape index (κ2) is 10.5. The Labute approximate surface area is 154 Å². The number of benzene rings is 1. The zero-order valence-corrected chi connectivity index (χ0v) is 15.2. The molecule has 2 fully saturated rings. The van der Waals surface area contributed by atoms with Gasteiger partial charge in [-0.25, -0.2) is 4.79 Å². The molecule has 3 rings (SSSR count). The van der Waals surface area contributed by atoms with E-state index in [9.17, 15) is 4.79 Å². The fourth-order valence-corrected chi connectivity index (χ4v) is 2.98. The number of hydrogen-bond donors (Lipinski definition) is 0. The quantitative estimate of drug-likeness (QED) is 0.635. The Hall–Kier alpha value is -1.67. The van der Waals surface area contributed by atoms with Crippen LogP contribution in [0.4, 0.5) is 0 Å². The molecule has 0 amide bonds. The molecule has 0 atom stereocenters. The summed E-state index contributed by atoms with van der Waals surface area (Å²) in [6.07, 6.45) is 0. The molecule has 2 heterocycles. The monoisotopic (exact) mass is 364 g/mol. The number of morpholine rings is 2. The molecular weight excluding hydrogens is 336 g/mol. The average molecular weight is 364 g/mol. The third-order valence-corrected chi connectivity index (χ3v) is 4.61. The fraction of sp³-hybridized carbons (Fsp3) is 0.632. The number of nitrogens with zero attached hydrogens (tertiary/aromatic N) is 2. The third-order valence-electron chi connectivity index (χ3n) is 4.61. The molecule has 0 spiro atoms. The van der Waals surface area contributed by atoms with Crippen molar-refractivity contribution in [2.75, 3.05) is 78.9 Å². The number of carbonyl (C=O) groups excluding carboxylic acids is 1. The van der Waals surface area contributed by atoms with Crippen LogP contribution in [-0.2, 0) is 14.2 Å². The highest BCUT2D eigenvalue weighted by Crippen LogP contribution is 2.13. The molecule has 1 aromatic carbocycles. The Morgan fingerprint density at radius 3 is 1.96 bits per heavy atom. The summed E-state index contributed by atoms with van der Waals surface area (Å²) >= 11 is 0. The molecule has 7 nitrogen and oxygen atoms in total.